The topological polar surface area (TPSA) is 20.2 Å². The maximum Gasteiger partial charge on any atom is 0.416 e. The molecule has 1 N–H and O–H groups in total. The van der Waals surface area contributed by atoms with E-state index in [0.717, 1.165) is 17.7 Å². The lowest BCUT2D eigenvalue weighted by atomic mass is 9.89. The van der Waals surface area contributed by atoms with E-state index >= 15 is 0 Å². The first-order valence-electron chi connectivity index (χ1n) is 5.69. The molecule has 1 rings (SSSR count). The average molecular weight is 246 g/mol. The van der Waals surface area contributed by atoms with Gasteiger partial charge >= 0.3 is 6.18 Å². The third-order valence-electron chi connectivity index (χ3n) is 3.13. The zero-order chi connectivity index (χ0) is 13.1. The molecular formula is C13H17F3O. The Morgan fingerprint density at radius 3 is 1.82 bits per heavy atom. The third kappa shape index (κ3) is 3.73. The second kappa shape index (κ2) is 5.08. The number of alkyl halides is 3. The molecule has 0 aliphatic rings. The van der Waals surface area contributed by atoms with Crippen LogP contribution in [0.25, 0.3) is 0 Å². The van der Waals surface area contributed by atoms with Crippen molar-refractivity contribution in [2.24, 2.45) is 0 Å². The van der Waals surface area contributed by atoms with Gasteiger partial charge in [-0.15, -0.1) is 0 Å². The van der Waals surface area contributed by atoms with Crippen LogP contribution in [-0.4, -0.2) is 10.7 Å². The summed E-state index contributed by atoms with van der Waals surface area (Å²) in [4.78, 5) is 0. The highest BCUT2D eigenvalue weighted by molar-refractivity contribution is 5.25. The zero-order valence-electron chi connectivity index (χ0n) is 10.0. The van der Waals surface area contributed by atoms with Gasteiger partial charge in [0, 0.05) is 6.42 Å². The standard InChI is InChI=1S/C13H17F3O/c1-3-12(17,4-2)9-10-5-7-11(8-6-10)13(14,15)16/h5-8,17H,3-4,9H2,1-2H3. The molecule has 17 heavy (non-hydrogen) atoms. The minimum Gasteiger partial charge on any atom is -0.390 e. The van der Waals surface area contributed by atoms with E-state index in [1.54, 1.807) is 0 Å². The van der Waals surface area contributed by atoms with Gasteiger partial charge in [0.2, 0.25) is 0 Å². The molecule has 0 unspecified atom stereocenters. The van der Waals surface area contributed by atoms with Gasteiger partial charge in [0.1, 0.15) is 0 Å². The molecule has 0 amide bonds. The summed E-state index contributed by atoms with van der Waals surface area (Å²) in [6.45, 7) is 3.74. The number of hydrogen-bond donors (Lipinski definition) is 1. The Balaban J connectivity index is 2.82. The van der Waals surface area contributed by atoms with Crippen LogP contribution in [0, 0.1) is 0 Å². The Morgan fingerprint density at radius 2 is 1.47 bits per heavy atom. The number of hydrogen-bond acceptors (Lipinski definition) is 1. The molecule has 1 aromatic carbocycles. The van der Waals surface area contributed by atoms with E-state index in [0.29, 0.717) is 19.3 Å². The Kier molecular flexibility index (Phi) is 4.20. The van der Waals surface area contributed by atoms with Gasteiger partial charge in [0.15, 0.2) is 0 Å². The van der Waals surface area contributed by atoms with Crippen molar-refractivity contribution in [2.45, 2.75) is 44.9 Å². The maximum atomic E-state index is 12.3. The van der Waals surface area contributed by atoms with Crippen molar-refractivity contribution in [3.8, 4) is 0 Å². The summed E-state index contributed by atoms with van der Waals surface area (Å²) in [5.74, 6) is 0. The molecule has 0 spiro atoms. The molecule has 0 aromatic heterocycles. The Labute approximate surface area is 99.3 Å². The molecule has 1 aromatic rings. The van der Waals surface area contributed by atoms with Crippen LogP contribution in [0.4, 0.5) is 13.2 Å². The van der Waals surface area contributed by atoms with Gasteiger partial charge in [-0.05, 0) is 30.5 Å². The molecule has 0 aliphatic heterocycles. The molecule has 0 radical (unpaired) electrons. The zero-order valence-corrected chi connectivity index (χ0v) is 10.0. The molecule has 0 saturated carbocycles. The van der Waals surface area contributed by atoms with Crippen molar-refractivity contribution >= 4 is 0 Å². The molecular weight excluding hydrogens is 229 g/mol. The summed E-state index contributed by atoms with van der Waals surface area (Å²) in [6, 6.07) is 4.97. The van der Waals surface area contributed by atoms with E-state index in [1.807, 2.05) is 13.8 Å². The molecule has 0 heterocycles. The van der Waals surface area contributed by atoms with Crippen LogP contribution in [0.1, 0.15) is 37.8 Å². The summed E-state index contributed by atoms with van der Waals surface area (Å²) in [5, 5.41) is 10.1. The predicted octanol–water partition coefficient (Wildman–Crippen LogP) is 3.80. The monoisotopic (exact) mass is 246 g/mol. The van der Waals surface area contributed by atoms with E-state index in [9.17, 15) is 18.3 Å². The lowest BCUT2D eigenvalue weighted by molar-refractivity contribution is -0.137. The minimum atomic E-state index is -4.30. The number of halogens is 3. The van der Waals surface area contributed by atoms with Gasteiger partial charge in [-0.2, -0.15) is 13.2 Å². The minimum absolute atomic E-state index is 0.387. The lowest BCUT2D eigenvalue weighted by Gasteiger charge is -2.25. The largest absolute Gasteiger partial charge is 0.416 e. The first-order valence-corrected chi connectivity index (χ1v) is 5.69. The first-order chi connectivity index (χ1) is 7.80. The second-order valence-corrected chi connectivity index (χ2v) is 4.30. The van der Waals surface area contributed by atoms with Crippen LogP contribution in [0.2, 0.25) is 0 Å². The van der Waals surface area contributed by atoms with Crippen LogP contribution >= 0.6 is 0 Å². The van der Waals surface area contributed by atoms with Crippen molar-refractivity contribution in [3.63, 3.8) is 0 Å². The van der Waals surface area contributed by atoms with E-state index < -0.39 is 17.3 Å². The number of benzene rings is 1. The van der Waals surface area contributed by atoms with Crippen LogP contribution < -0.4 is 0 Å². The van der Waals surface area contributed by atoms with E-state index in [-0.39, 0.29) is 0 Å². The first kappa shape index (κ1) is 14.0. The van der Waals surface area contributed by atoms with Crippen LogP contribution in [0.3, 0.4) is 0 Å². The van der Waals surface area contributed by atoms with Crippen LogP contribution in [-0.2, 0) is 12.6 Å². The fourth-order valence-electron chi connectivity index (χ4n) is 1.69. The van der Waals surface area contributed by atoms with Gasteiger partial charge in [-0.1, -0.05) is 26.0 Å². The van der Waals surface area contributed by atoms with Gasteiger partial charge in [0.25, 0.3) is 0 Å². The Bertz CT molecular complexity index is 350. The molecule has 0 bridgehead atoms. The Morgan fingerprint density at radius 1 is 1.00 bits per heavy atom. The molecule has 4 heteroatoms. The smallest absolute Gasteiger partial charge is 0.390 e. The SMILES string of the molecule is CCC(O)(CC)Cc1ccc(C(F)(F)F)cc1. The summed E-state index contributed by atoms with van der Waals surface area (Å²) in [5.41, 5.74) is -0.748. The van der Waals surface area contributed by atoms with Crippen molar-refractivity contribution < 1.29 is 18.3 Å². The summed E-state index contributed by atoms with van der Waals surface area (Å²) < 4.78 is 37.0. The number of aliphatic hydroxyl groups is 1. The molecule has 0 atom stereocenters. The third-order valence-corrected chi connectivity index (χ3v) is 3.13. The average Bonchev–Trinajstić information content (AvgIpc) is 2.28. The molecule has 0 saturated heterocycles. The molecule has 0 fully saturated rings. The Hall–Kier alpha value is -1.03. The predicted molar refractivity (Wildman–Crippen MR) is 60.7 cm³/mol. The van der Waals surface area contributed by atoms with Crippen molar-refractivity contribution in [1.82, 2.24) is 0 Å². The van der Waals surface area contributed by atoms with E-state index in [1.165, 1.54) is 12.1 Å². The van der Waals surface area contributed by atoms with Gasteiger partial charge in [-0.3, -0.25) is 0 Å². The molecule has 96 valence electrons. The maximum absolute atomic E-state index is 12.3. The van der Waals surface area contributed by atoms with E-state index in [2.05, 4.69) is 0 Å². The summed E-state index contributed by atoms with van der Waals surface area (Å²) >= 11 is 0. The van der Waals surface area contributed by atoms with Gasteiger partial charge in [0.05, 0.1) is 11.2 Å². The normalized spacial score (nSPS) is 12.8. The van der Waals surface area contributed by atoms with Crippen molar-refractivity contribution in [2.75, 3.05) is 0 Å². The second-order valence-electron chi connectivity index (χ2n) is 4.30. The van der Waals surface area contributed by atoms with Crippen LogP contribution in [0.15, 0.2) is 24.3 Å². The fraction of sp³-hybridized carbons (Fsp3) is 0.538. The van der Waals surface area contributed by atoms with Crippen LogP contribution in [0.5, 0.6) is 0 Å². The van der Waals surface area contributed by atoms with Crippen molar-refractivity contribution in [3.05, 3.63) is 35.4 Å². The summed E-state index contributed by atoms with van der Waals surface area (Å²) in [7, 11) is 0. The fourth-order valence-corrected chi connectivity index (χ4v) is 1.69. The number of rotatable bonds is 4. The van der Waals surface area contributed by atoms with E-state index in [4.69, 9.17) is 0 Å². The summed E-state index contributed by atoms with van der Waals surface area (Å²) in [6.07, 6.45) is -2.74. The quantitative estimate of drug-likeness (QED) is 0.856. The molecule has 1 nitrogen and oxygen atoms in total. The lowest BCUT2D eigenvalue weighted by Crippen LogP contribution is -2.29. The van der Waals surface area contributed by atoms with Crippen molar-refractivity contribution in [1.29, 1.82) is 0 Å². The van der Waals surface area contributed by atoms with Gasteiger partial charge in [-0.25, -0.2) is 0 Å². The van der Waals surface area contributed by atoms with Gasteiger partial charge < -0.3 is 5.11 Å². The highest BCUT2D eigenvalue weighted by Gasteiger charge is 2.30. The highest BCUT2D eigenvalue weighted by Crippen LogP contribution is 2.30. The molecule has 0 aliphatic carbocycles. The highest BCUT2D eigenvalue weighted by atomic mass is 19.4.